The number of rotatable bonds is 5. The summed E-state index contributed by atoms with van der Waals surface area (Å²) in [7, 11) is 0. The highest BCUT2D eigenvalue weighted by molar-refractivity contribution is 14.1. The average Bonchev–Trinajstić information content (AvgIpc) is 3.10. The Hall–Kier alpha value is -1.40. The van der Waals surface area contributed by atoms with E-state index in [4.69, 9.17) is 20.1 Å². The van der Waals surface area contributed by atoms with Crippen molar-refractivity contribution in [2.75, 3.05) is 6.54 Å². The van der Waals surface area contributed by atoms with E-state index in [1.54, 1.807) is 30.3 Å². The molecule has 2 aromatic rings. The topological polar surface area (TPSA) is 145 Å². The van der Waals surface area contributed by atoms with Crippen LogP contribution in [0.2, 0.25) is 0 Å². The molecule has 1 aliphatic heterocycles. The van der Waals surface area contributed by atoms with Crippen LogP contribution in [0.4, 0.5) is 0 Å². The van der Waals surface area contributed by atoms with Crippen molar-refractivity contribution in [3.8, 4) is 17.2 Å². The largest absolute Gasteiger partial charge is 0.507 e. The number of carbonyl (C=O) groups is 3. The SMILES string of the molecule is CC(=O)N1C[C@H](O)C[C@H]1C(=O)O.O=C(O)Cc1cc(I)c(Oc2ccc(O)c(I)c2)c(I)c1. The normalized spacial score (nSPS) is 17.2. The zero-order valence-electron chi connectivity index (χ0n) is 17.2. The van der Waals surface area contributed by atoms with E-state index in [0.29, 0.717) is 15.1 Å². The minimum absolute atomic E-state index is 0.0105. The van der Waals surface area contributed by atoms with Gasteiger partial charge in [-0.25, -0.2) is 4.79 Å². The summed E-state index contributed by atoms with van der Waals surface area (Å²) >= 11 is 6.28. The standard InChI is InChI=1S/C14H9I3O4.C7H11NO4/c15-9-6-8(1-2-12(9)18)21-14-10(16)3-7(4-11(14)17)5-13(19)20;1-4(9)8-3-5(10)2-6(8)7(11)12/h1-4,6,18H,5H2,(H,19,20);5-6,10H,2-3H2,1H3,(H,11,12)/t;5-,6+/m.1/s1. The fourth-order valence-electron chi connectivity index (χ4n) is 3.05. The molecule has 2 atom stereocenters. The first-order valence-corrected chi connectivity index (χ1v) is 12.7. The maximum Gasteiger partial charge on any atom is 0.326 e. The minimum atomic E-state index is -1.05. The molecule has 0 bridgehead atoms. The number of aliphatic hydroxyl groups excluding tert-OH is 1. The van der Waals surface area contributed by atoms with Crippen molar-refractivity contribution in [2.45, 2.75) is 31.9 Å². The van der Waals surface area contributed by atoms with Gasteiger partial charge in [-0.05, 0) is 104 Å². The maximum atomic E-state index is 10.9. The van der Waals surface area contributed by atoms with Crippen LogP contribution in [0.15, 0.2) is 30.3 Å². The Morgan fingerprint density at radius 1 is 1.06 bits per heavy atom. The molecule has 0 aliphatic carbocycles. The number of hydrogen-bond acceptors (Lipinski definition) is 6. The summed E-state index contributed by atoms with van der Waals surface area (Å²) in [6, 6.07) is 7.77. The van der Waals surface area contributed by atoms with Gasteiger partial charge in [0, 0.05) is 19.9 Å². The summed E-state index contributed by atoms with van der Waals surface area (Å²) in [6.07, 6.45) is -0.576. The fraction of sp³-hybridized carbons (Fsp3) is 0.286. The van der Waals surface area contributed by atoms with E-state index in [1.165, 1.54) is 11.8 Å². The predicted octanol–water partition coefficient (Wildman–Crippen LogP) is 3.68. The third-order valence-electron chi connectivity index (χ3n) is 4.52. The highest BCUT2D eigenvalue weighted by Crippen LogP contribution is 2.34. The molecule has 0 radical (unpaired) electrons. The van der Waals surface area contributed by atoms with Crippen LogP contribution in [0.25, 0.3) is 0 Å². The second-order valence-corrected chi connectivity index (χ2v) is 10.6. The number of benzene rings is 2. The Balaban J connectivity index is 0.000000273. The first-order valence-electron chi connectivity index (χ1n) is 9.43. The number of ether oxygens (including phenoxy) is 1. The van der Waals surface area contributed by atoms with Crippen LogP contribution < -0.4 is 4.74 Å². The molecule has 1 amide bonds. The number of carboxylic acid groups (broad SMARTS) is 2. The van der Waals surface area contributed by atoms with Gasteiger partial charge in [-0.1, -0.05) is 0 Å². The molecule has 12 heteroatoms. The van der Waals surface area contributed by atoms with Crippen LogP contribution in [0.1, 0.15) is 18.9 Å². The van der Waals surface area contributed by atoms with Crippen LogP contribution in [0.3, 0.4) is 0 Å². The summed E-state index contributed by atoms with van der Waals surface area (Å²) in [5.41, 5.74) is 0.740. The molecule has 4 N–H and O–H groups in total. The van der Waals surface area contributed by atoms with Gasteiger partial charge < -0.3 is 30.1 Å². The van der Waals surface area contributed by atoms with Gasteiger partial charge in [-0.15, -0.1) is 0 Å². The number of aliphatic carboxylic acids is 2. The first kappa shape index (κ1) is 27.8. The molecule has 9 nitrogen and oxygen atoms in total. The van der Waals surface area contributed by atoms with E-state index in [9.17, 15) is 19.5 Å². The fourth-order valence-corrected chi connectivity index (χ4v) is 5.66. The Kier molecular flexibility index (Phi) is 10.4. The summed E-state index contributed by atoms with van der Waals surface area (Å²) < 4.78 is 8.26. The number of likely N-dealkylation sites (tertiary alicyclic amines) is 1. The molecule has 1 saturated heterocycles. The number of amides is 1. The number of hydrogen-bond donors (Lipinski definition) is 4. The molecule has 2 aromatic carbocycles. The zero-order valence-corrected chi connectivity index (χ0v) is 23.6. The van der Waals surface area contributed by atoms with Crippen LogP contribution >= 0.6 is 67.8 Å². The molecule has 33 heavy (non-hydrogen) atoms. The lowest BCUT2D eigenvalue weighted by atomic mass is 10.1. The lowest BCUT2D eigenvalue weighted by molar-refractivity contribution is -0.147. The Morgan fingerprint density at radius 3 is 2.12 bits per heavy atom. The molecular formula is C21H20I3NO8. The summed E-state index contributed by atoms with van der Waals surface area (Å²) in [6.45, 7) is 1.43. The minimum Gasteiger partial charge on any atom is -0.507 e. The Morgan fingerprint density at radius 2 is 1.67 bits per heavy atom. The van der Waals surface area contributed by atoms with Gasteiger partial charge in [0.25, 0.3) is 0 Å². The predicted molar refractivity (Wildman–Crippen MR) is 144 cm³/mol. The number of phenolic OH excluding ortho intramolecular Hbond substituents is 1. The van der Waals surface area contributed by atoms with E-state index < -0.39 is 24.1 Å². The van der Waals surface area contributed by atoms with Crippen molar-refractivity contribution in [1.82, 2.24) is 4.90 Å². The van der Waals surface area contributed by atoms with Gasteiger partial charge in [-0.2, -0.15) is 0 Å². The number of aliphatic hydroxyl groups is 1. The van der Waals surface area contributed by atoms with Gasteiger partial charge >= 0.3 is 11.9 Å². The van der Waals surface area contributed by atoms with E-state index >= 15 is 0 Å². The van der Waals surface area contributed by atoms with Crippen molar-refractivity contribution in [2.24, 2.45) is 0 Å². The Labute approximate surface area is 230 Å². The second-order valence-electron chi connectivity index (χ2n) is 7.09. The molecule has 3 rings (SSSR count). The molecule has 0 aromatic heterocycles. The van der Waals surface area contributed by atoms with Crippen LogP contribution in [0, 0.1) is 10.7 Å². The number of carboxylic acids is 2. The molecule has 1 fully saturated rings. The van der Waals surface area contributed by atoms with Crippen molar-refractivity contribution in [1.29, 1.82) is 0 Å². The summed E-state index contributed by atoms with van der Waals surface area (Å²) in [4.78, 5) is 33.4. The lowest BCUT2D eigenvalue weighted by Gasteiger charge is -2.18. The average molecular weight is 795 g/mol. The Bertz CT molecular complexity index is 1020. The summed E-state index contributed by atoms with van der Waals surface area (Å²) in [5, 5.41) is 36.1. The number of nitrogens with zero attached hydrogens (tertiary/aromatic N) is 1. The van der Waals surface area contributed by atoms with Gasteiger partial charge in [0.05, 0.1) is 23.2 Å². The molecule has 178 valence electrons. The number of carbonyl (C=O) groups excluding carboxylic acids is 1. The van der Waals surface area contributed by atoms with Crippen molar-refractivity contribution in [3.63, 3.8) is 0 Å². The van der Waals surface area contributed by atoms with E-state index in [0.717, 1.165) is 12.7 Å². The molecule has 0 spiro atoms. The van der Waals surface area contributed by atoms with Gasteiger partial charge in [-0.3, -0.25) is 9.59 Å². The van der Waals surface area contributed by atoms with Gasteiger partial charge in [0.15, 0.2) is 5.75 Å². The molecule has 0 unspecified atom stereocenters. The third kappa shape index (κ3) is 8.10. The van der Waals surface area contributed by atoms with Gasteiger partial charge in [0.1, 0.15) is 17.5 Å². The molecular weight excluding hydrogens is 775 g/mol. The monoisotopic (exact) mass is 795 g/mol. The molecule has 1 aliphatic rings. The van der Waals surface area contributed by atoms with E-state index in [1.807, 2.05) is 22.6 Å². The maximum absolute atomic E-state index is 10.9. The van der Waals surface area contributed by atoms with E-state index in [2.05, 4.69) is 45.2 Å². The molecule has 1 heterocycles. The summed E-state index contributed by atoms with van der Waals surface area (Å²) in [5.74, 6) is -0.695. The smallest absolute Gasteiger partial charge is 0.326 e. The van der Waals surface area contributed by atoms with Crippen molar-refractivity contribution < 1.29 is 39.5 Å². The van der Waals surface area contributed by atoms with Crippen LogP contribution in [0.5, 0.6) is 17.2 Å². The third-order valence-corrected chi connectivity index (χ3v) is 6.99. The zero-order chi connectivity index (χ0) is 24.9. The van der Waals surface area contributed by atoms with E-state index in [-0.39, 0.29) is 31.0 Å². The second kappa shape index (κ2) is 12.3. The lowest BCUT2D eigenvalue weighted by Crippen LogP contribution is -2.39. The number of aromatic hydroxyl groups is 1. The number of halogens is 3. The highest BCUT2D eigenvalue weighted by atomic mass is 127. The van der Waals surface area contributed by atoms with Crippen molar-refractivity contribution in [3.05, 3.63) is 46.6 Å². The molecule has 0 saturated carbocycles. The first-order chi connectivity index (χ1) is 15.4. The van der Waals surface area contributed by atoms with Crippen LogP contribution in [-0.2, 0) is 20.8 Å². The van der Waals surface area contributed by atoms with Crippen molar-refractivity contribution >= 4 is 85.6 Å². The highest BCUT2D eigenvalue weighted by Gasteiger charge is 2.37. The quantitative estimate of drug-likeness (QED) is 0.336. The number of phenols is 1. The van der Waals surface area contributed by atoms with Gasteiger partial charge in [0.2, 0.25) is 5.91 Å². The number of β-amino-alcohol motifs (C(OH)–C–C–N with tert-alkyl or cyclic N) is 1. The van der Waals surface area contributed by atoms with Crippen LogP contribution in [-0.4, -0.2) is 61.9 Å².